The van der Waals surface area contributed by atoms with E-state index in [0.29, 0.717) is 18.0 Å². The zero-order valence-electron chi connectivity index (χ0n) is 11.0. The Morgan fingerprint density at radius 1 is 1.41 bits per heavy atom. The lowest BCUT2D eigenvalue weighted by Gasteiger charge is -2.28. The third-order valence-electron chi connectivity index (χ3n) is 3.05. The van der Waals surface area contributed by atoms with Gasteiger partial charge < -0.3 is 5.32 Å². The van der Waals surface area contributed by atoms with Crippen molar-refractivity contribution in [3.63, 3.8) is 0 Å². The lowest BCUT2D eigenvalue weighted by atomic mass is 9.80. The fourth-order valence-corrected chi connectivity index (χ4v) is 2.40. The van der Waals surface area contributed by atoms with Crippen molar-refractivity contribution in [3.05, 3.63) is 34.6 Å². The van der Waals surface area contributed by atoms with Crippen LogP contribution in [0.4, 0.5) is 4.39 Å². The summed E-state index contributed by atoms with van der Waals surface area (Å²) in [6.07, 6.45) is 1.70. The highest BCUT2D eigenvalue weighted by Crippen LogP contribution is 2.30. The summed E-state index contributed by atoms with van der Waals surface area (Å²) in [5.41, 5.74) is 0.749. The average molecular weight is 258 g/mol. The highest BCUT2D eigenvalue weighted by Gasteiger charge is 2.23. The topological polar surface area (TPSA) is 12.0 Å². The molecule has 0 aliphatic carbocycles. The minimum absolute atomic E-state index is 0.0496. The molecule has 1 atom stereocenters. The second kappa shape index (κ2) is 5.83. The van der Waals surface area contributed by atoms with Crippen LogP contribution in [0.1, 0.15) is 32.8 Å². The molecule has 0 saturated heterocycles. The molecule has 1 rings (SSSR count). The van der Waals surface area contributed by atoms with Crippen molar-refractivity contribution in [2.75, 3.05) is 7.05 Å². The Morgan fingerprint density at radius 2 is 2.06 bits per heavy atom. The maximum absolute atomic E-state index is 13.8. The van der Waals surface area contributed by atoms with Crippen molar-refractivity contribution in [2.45, 2.75) is 39.7 Å². The van der Waals surface area contributed by atoms with E-state index < -0.39 is 0 Å². The summed E-state index contributed by atoms with van der Waals surface area (Å²) in [6.45, 7) is 6.44. The number of benzene rings is 1. The summed E-state index contributed by atoms with van der Waals surface area (Å²) in [5, 5.41) is 3.42. The molecule has 1 unspecified atom stereocenters. The van der Waals surface area contributed by atoms with Crippen LogP contribution in [-0.4, -0.2) is 13.1 Å². The molecule has 0 bridgehead atoms. The molecular formula is C14H21ClFN. The third-order valence-corrected chi connectivity index (χ3v) is 3.34. The van der Waals surface area contributed by atoms with Gasteiger partial charge in [0.05, 0.1) is 5.02 Å². The quantitative estimate of drug-likeness (QED) is 0.839. The number of hydrogen-bond donors (Lipinski definition) is 1. The summed E-state index contributed by atoms with van der Waals surface area (Å²) in [5.74, 6) is -0.278. The Hall–Kier alpha value is -0.600. The SMILES string of the molecule is CNC(C)CC(C)(C)Cc1cccc(Cl)c1F. The first-order chi connectivity index (χ1) is 7.85. The number of hydrogen-bond acceptors (Lipinski definition) is 1. The molecule has 0 aliphatic heterocycles. The summed E-state index contributed by atoms with van der Waals surface area (Å²) < 4.78 is 13.8. The summed E-state index contributed by atoms with van der Waals surface area (Å²) in [4.78, 5) is 0. The van der Waals surface area contributed by atoms with Gasteiger partial charge in [0, 0.05) is 6.04 Å². The maximum Gasteiger partial charge on any atom is 0.144 e. The standard InChI is InChI=1S/C14H21ClFN/c1-10(17-4)8-14(2,3)9-11-6-5-7-12(15)13(11)16/h5-7,10,17H,8-9H2,1-4H3. The van der Waals surface area contributed by atoms with Crippen LogP contribution in [0.3, 0.4) is 0 Å². The molecular weight excluding hydrogens is 237 g/mol. The fourth-order valence-electron chi connectivity index (χ4n) is 2.20. The third kappa shape index (κ3) is 4.29. The monoisotopic (exact) mass is 257 g/mol. The zero-order valence-corrected chi connectivity index (χ0v) is 11.7. The highest BCUT2D eigenvalue weighted by atomic mass is 35.5. The van der Waals surface area contributed by atoms with E-state index in [-0.39, 0.29) is 16.3 Å². The van der Waals surface area contributed by atoms with E-state index >= 15 is 0 Å². The van der Waals surface area contributed by atoms with Crippen molar-refractivity contribution < 1.29 is 4.39 Å². The maximum atomic E-state index is 13.8. The second-order valence-corrected chi connectivity index (χ2v) is 5.85. The van der Waals surface area contributed by atoms with E-state index in [4.69, 9.17) is 11.6 Å². The molecule has 0 heterocycles. The fraction of sp³-hybridized carbons (Fsp3) is 0.571. The predicted molar refractivity (Wildman–Crippen MR) is 72.0 cm³/mol. The Kier molecular flexibility index (Phi) is 4.96. The largest absolute Gasteiger partial charge is 0.317 e. The Bertz CT molecular complexity index is 376. The van der Waals surface area contributed by atoms with Gasteiger partial charge in [-0.2, -0.15) is 0 Å². The van der Waals surface area contributed by atoms with Gasteiger partial charge in [0.1, 0.15) is 5.82 Å². The van der Waals surface area contributed by atoms with Crippen LogP contribution in [0.5, 0.6) is 0 Å². The second-order valence-electron chi connectivity index (χ2n) is 5.45. The molecule has 1 aromatic rings. The Balaban J connectivity index is 2.79. The van der Waals surface area contributed by atoms with Crippen LogP contribution in [0.25, 0.3) is 0 Å². The minimum Gasteiger partial charge on any atom is -0.317 e. The first kappa shape index (κ1) is 14.5. The van der Waals surface area contributed by atoms with Crippen LogP contribution in [0.15, 0.2) is 18.2 Å². The number of nitrogens with one attached hydrogen (secondary N) is 1. The van der Waals surface area contributed by atoms with Crippen LogP contribution in [-0.2, 0) is 6.42 Å². The first-order valence-electron chi connectivity index (χ1n) is 5.96. The first-order valence-corrected chi connectivity index (χ1v) is 6.33. The molecule has 0 aromatic heterocycles. The van der Waals surface area contributed by atoms with Gasteiger partial charge in [-0.05, 0) is 43.9 Å². The molecule has 0 amide bonds. The van der Waals surface area contributed by atoms with E-state index in [1.165, 1.54) is 0 Å². The van der Waals surface area contributed by atoms with E-state index in [1.54, 1.807) is 12.1 Å². The lowest BCUT2D eigenvalue weighted by Crippen LogP contribution is -2.29. The van der Waals surface area contributed by atoms with Gasteiger partial charge in [-0.25, -0.2) is 4.39 Å². The normalized spacial score (nSPS) is 13.8. The summed E-state index contributed by atoms with van der Waals surface area (Å²) in [6, 6.07) is 5.63. The molecule has 0 aliphatic rings. The molecule has 0 fully saturated rings. The molecule has 96 valence electrons. The van der Waals surface area contributed by atoms with Gasteiger partial charge in [-0.3, -0.25) is 0 Å². The van der Waals surface area contributed by atoms with Crippen LogP contribution in [0, 0.1) is 11.2 Å². The van der Waals surface area contributed by atoms with Crippen LogP contribution in [0.2, 0.25) is 5.02 Å². The molecule has 0 radical (unpaired) electrons. The van der Waals surface area contributed by atoms with Crippen molar-refractivity contribution in [1.82, 2.24) is 5.32 Å². The van der Waals surface area contributed by atoms with Crippen molar-refractivity contribution in [2.24, 2.45) is 5.41 Å². The van der Waals surface area contributed by atoms with Gasteiger partial charge in [-0.15, -0.1) is 0 Å². The zero-order chi connectivity index (χ0) is 13.1. The molecule has 0 spiro atoms. The van der Waals surface area contributed by atoms with Crippen molar-refractivity contribution >= 4 is 11.6 Å². The van der Waals surface area contributed by atoms with Crippen molar-refractivity contribution in [1.29, 1.82) is 0 Å². The van der Waals surface area contributed by atoms with Gasteiger partial charge in [0.2, 0.25) is 0 Å². The van der Waals surface area contributed by atoms with E-state index in [2.05, 4.69) is 26.1 Å². The highest BCUT2D eigenvalue weighted by molar-refractivity contribution is 6.30. The number of rotatable bonds is 5. The van der Waals surface area contributed by atoms with E-state index in [9.17, 15) is 4.39 Å². The van der Waals surface area contributed by atoms with Crippen LogP contribution < -0.4 is 5.32 Å². The summed E-state index contributed by atoms with van der Waals surface area (Å²) >= 11 is 5.79. The minimum atomic E-state index is -0.278. The molecule has 1 nitrogen and oxygen atoms in total. The smallest absolute Gasteiger partial charge is 0.144 e. The molecule has 3 heteroatoms. The van der Waals surface area contributed by atoms with Gasteiger partial charge in [0.15, 0.2) is 0 Å². The number of halogens is 2. The van der Waals surface area contributed by atoms with Gasteiger partial charge >= 0.3 is 0 Å². The Labute approximate surface area is 108 Å². The van der Waals surface area contributed by atoms with Gasteiger partial charge in [0.25, 0.3) is 0 Å². The predicted octanol–water partition coefficient (Wildman–Crippen LogP) is 4.05. The molecule has 1 N–H and O–H groups in total. The average Bonchev–Trinajstić information content (AvgIpc) is 2.23. The molecule has 0 saturated carbocycles. The van der Waals surface area contributed by atoms with Crippen molar-refractivity contribution in [3.8, 4) is 0 Å². The lowest BCUT2D eigenvalue weighted by molar-refractivity contribution is 0.290. The van der Waals surface area contributed by atoms with E-state index in [1.807, 2.05) is 13.1 Å². The molecule has 17 heavy (non-hydrogen) atoms. The van der Waals surface area contributed by atoms with E-state index in [0.717, 1.165) is 6.42 Å². The summed E-state index contributed by atoms with van der Waals surface area (Å²) in [7, 11) is 1.95. The Morgan fingerprint density at radius 3 is 2.65 bits per heavy atom. The van der Waals surface area contributed by atoms with Crippen LogP contribution >= 0.6 is 11.6 Å². The molecule has 1 aromatic carbocycles. The van der Waals surface area contributed by atoms with Gasteiger partial charge in [-0.1, -0.05) is 37.6 Å².